The summed E-state index contributed by atoms with van der Waals surface area (Å²) in [6.45, 7) is 1.41. The molecule has 0 spiro atoms. The van der Waals surface area contributed by atoms with E-state index in [4.69, 9.17) is 4.74 Å². The van der Waals surface area contributed by atoms with Crippen molar-refractivity contribution in [3.63, 3.8) is 0 Å². The smallest absolute Gasteiger partial charge is 0.308 e. The molecule has 23 heavy (non-hydrogen) atoms. The third kappa shape index (κ3) is 3.12. The lowest BCUT2D eigenvalue weighted by Crippen LogP contribution is -2.20. The summed E-state index contributed by atoms with van der Waals surface area (Å²) in [6.07, 6.45) is 2.03. The first-order chi connectivity index (χ1) is 11.1. The number of H-pyrrole nitrogens is 1. The molecule has 1 atom stereocenters. The molecule has 3 rings (SSSR count). The van der Waals surface area contributed by atoms with Crippen LogP contribution in [0.15, 0.2) is 54.7 Å². The van der Waals surface area contributed by atoms with Crippen LogP contribution in [-0.2, 0) is 4.79 Å². The van der Waals surface area contributed by atoms with Crippen molar-refractivity contribution in [2.24, 2.45) is 0 Å². The molecule has 2 aromatic carbocycles. The topological polar surface area (TPSA) is 45.3 Å². The van der Waals surface area contributed by atoms with Crippen molar-refractivity contribution in [1.82, 2.24) is 9.88 Å². The maximum absolute atomic E-state index is 11.2. The van der Waals surface area contributed by atoms with E-state index in [9.17, 15) is 4.79 Å². The van der Waals surface area contributed by atoms with E-state index in [1.807, 2.05) is 36.5 Å². The first-order valence-corrected chi connectivity index (χ1v) is 7.57. The van der Waals surface area contributed by atoms with Crippen molar-refractivity contribution in [1.29, 1.82) is 0 Å². The quantitative estimate of drug-likeness (QED) is 0.590. The number of carbonyl (C=O) groups excluding carboxylic acids is 1. The van der Waals surface area contributed by atoms with Gasteiger partial charge in [0.1, 0.15) is 5.75 Å². The van der Waals surface area contributed by atoms with Crippen molar-refractivity contribution in [2.75, 3.05) is 14.1 Å². The molecule has 1 N–H and O–H groups in total. The van der Waals surface area contributed by atoms with Gasteiger partial charge in [0.25, 0.3) is 0 Å². The molecule has 1 heterocycles. The van der Waals surface area contributed by atoms with Crippen LogP contribution in [-0.4, -0.2) is 29.9 Å². The molecule has 1 aromatic heterocycles. The molecule has 0 aliphatic carbocycles. The minimum absolute atomic E-state index is 0.123. The summed E-state index contributed by atoms with van der Waals surface area (Å²) in [5, 5.41) is 1.06. The van der Waals surface area contributed by atoms with Gasteiger partial charge in [-0.25, -0.2) is 0 Å². The summed E-state index contributed by atoms with van der Waals surface area (Å²) in [6, 6.07) is 16.1. The van der Waals surface area contributed by atoms with Crippen molar-refractivity contribution in [3.05, 3.63) is 65.9 Å². The maximum Gasteiger partial charge on any atom is 0.308 e. The van der Waals surface area contributed by atoms with Crippen LogP contribution in [0.2, 0.25) is 0 Å². The normalized spacial score (nSPS) is 12.5. The highest BCUT2D eigenvalue weighted by molar-refractivity contribution is 5.86. The van der Waals surface area contributed by atoms with Gasteiger partial charge >= 0.3 is 5.97 Å². The van der Waals surface area contributed by atoms with Crippen LogP contribution in [0.1, 0.15) is 24.1 Å². The zero-order valence-corrected chi connectivity index (χ0v) is 13.5. The highest BCUT2D eigenvalue weighted by Gasteiger charge is 2.20. The molecule has 0 saturated carbocycles. The van der Waals surface area contributed by atoms with Crippen LogP contribution in [0.25, 0.3) is 10.9 Å². The third-order valence-corrected chi connectivity index (χ3v) is 3.87. The Labute approximate surface area is 135 Å². The first kappa shape index (κ1) is 15.3. The van der Waals surface area contributed by atoms with Crippen LogP contribution >= 0.6 is 0 Å². The van der Waals surface area contributed by atoms with Crippen molar-refractivity contribution < 1.29 is 9.53 Å². The van der Waals surface area contributed by atoms with E-state index >= 15 is 0 Å². The van der Waals surface area contributed by atoms with Crippen LogP contribution in [0.4, 0.5) is 0 Å². The zero-order valence-electron chi connectivity index (χ0n) is 13.5. The van der Waals surface area contributed by atoms with E-state index in [0.717, 1.165) is 16.5 Å². The molecule has 0 aliphatic rings. The van der Waals surface area contributed by atoms with Crippen LogP contribution in [0, 0.1) is 0 Å². The largest absolute Gasteiger partial charge is 0.427 e. The Morgan fingerprint density at radius 1 is 1.13 bits per heavy atom. The Balaban J connectivity index is 2.11. The fourth-order valence-electron chi connectivity index (χ4n) is 2.97. The number of hydrogen-bond donors (Lipinski definition) is 1. The van der Waals surface area contributed by atoms with Gasteiger partial charge in [0.15, 0.2) is 0 Å². The van der Waals surface area contributed by atoms with Crippen molar-refractivity contribution >= 4 is 16.9 Å². The monoisotopic (exact) mass is 308 g/mol. The molecule has 4 heteroatoms. The van der Waals surface area contributed by atoms with Gasteiger partial charge in [-0.1, -0.05) is 30.3 Å². The SMILES string of the molecule is CC(=O)Oc1ccc2[nH]cc(C(c3ccccc3)N(C)C)c2c1. The number of fused-ring (bicyclic) bond motifs is 1. The highest BCUT2D eigenvalue weighted by Crippen LogP contribution is 2.33. The van der Waals surface area contributed by atoms with E-state index in [-0.39, 0.29) is 12.0 Å². The molecule has 4 nitrogen and oxygen atoms in total. The molecular formula is C19H20N2O2. The molecule has 0 saturated heterocycles. The van der Waals surface area contributed by atoms with E-state index in [1.54, 1.807) is 6.07 Å². The van der Waals surface area contributed by atoms with E-state index in [0.29, 0.717) is 5.75 Å². The number of aromatic nitrogens is 1. The van der Waals surface area contributed by atoms with Gasteiger partial charge in [0, 0.05) is 24.0 Å². The molecule has 0 amide bonds. The Hall–Kier alpha value is -2.59. The predicted octanol–water partition coefficient (Wildman–Crippen LogP) is 3.74. The number of carbonyl (C=O) groups is 1. The highest BCUT2D eigenvalue weighted by atomic mass is 16.5. The van der Waals surface area contributed by atoms with Gasteiger partial charge in [-0.05, 0) is 43.4 Å². The molecule has 118 valence electrons. The van der Waals surface area contributed by atoms with Gasteiger partial charge in [-0.15, -0.1) is 0 Å². The minimum Gasteiger partial charge on any atom is -0.427 e. The van der Waals surface area contributed by atoms with Crippen LogP contribution in [0.5, 0.6) is 5.75 Å². The second-order valence-electron chi connectivity index (χ2n) is 5.82. The van der Waals surface area contributed by atoms with Gasteiger partial charge in [0.2, 0.25) is 0 Å². The summed E-state index contributed by atoms with van der Waals surface area (Å²) < 4.78 is 5.23. The number of ether oxygens (including phenoxy) is 1. The van der Waals surface area contributed by atoms with Gasteiger partial charge < -0.3 is 9.72 Å². The van der Waals surface area contributed by atoms with Gasteiger partial charge in [-0.2, -0.15) is 0 Å². The van der Waals surface area contributed by atoms with E-state index < -0.39 is 0 Å². The summed E-state index contributed by atoms with van der Waals surface area (Å²) in [4.78, 5) is 16.7. The van der Waals surface area contributed by atoms with E-state index in [2.05, 4.69) is 36.1 Å². The summed E-state index contributed by atoms with van der Waals surface area (Å²) in [5.74, 6) is 0.255. The third-order valence-electron chi connectivity index (χ3n) is 3.87. The number of rotatable bonds is 4. The fraction of sp³-hybridized carbons (Fsp3) is 0.211. The van der Waals surface area contributed by atoms with Gasteiger partial charge in [0.05, 0.1) is 6.04 Å². The molecule has 0 fully saturated rings. The van der Waals surface area contributed by atoms with Gasteiger partial charge in [-0.3, -0.25) is 9.69 Å². The number of benzene rings is 2. The molecule has 1 unspecified atom stereocenters. The number of esters is 1. The second-order valence-corrected chi connectivity index (χ2v) is 5.82. The molecule has 0 aliphatic heterocycles. The molecular weight excluding hydrogens is 288 g/mol. The fourth-order valence-corrected chi connectivity index (χ4v) is 2.97. The van der Waals surface area contributed by atoms with Crippen LogP contribution in [0.3, 0.4) is 0 Å². The Morgan fingerprint density at radius 3 is 2.52 bits per heavy atom. The zero-order chi connectivity index (χ0) is 16.4. The Bertz CT molecular complexity index is 822. The lowest BCUT2D eigenvalue weighted by molar-refractivity contribution is -0.131. The Kier molecular flexibility index (Phi) is 4.17. The lowest BCUT2D eigenvalue weighted by Gasteiger charge is -2.24. The average molecular weight is 308 g/mol. The predicted molar refractivity (Wildman–Crippen MR) is 91.6 cm³/mol. The Morgan fingerprint density at radius 2 is 1.87 bits per heavy atom. The standard InChI is InChI=1S/C19H20N2O2/c1-13(22)23-15-9-10-18-16(11-15)17(12-20-18)19(21(2)3)14-7-5-4-6-8-14/h4-12,19-20H,1-3H3. The van der Waals surface area contributed by atoms with Crippen molar-refractivity contribution in [3.8, 4) is 5.75 Å². The van der Waals surface area contributed by atoms with E-state index in [1.165, 1.54) is 12.5 Å². The minimum atomic E-state index is -0.311. The average Bonchev–Trinajstić information content (AvgIpc) is 2.91. The summed E-state index contributed by atoms with van der Waals surface area (Å²) >= 11 is 0. The maximum atomic E-state index is 11.2. The lowest BCUT2D eigenvalue weighted by atomic mass is 9.97. The first-order valence-electron chi connectivity index (χ1n) is 7.57. The summed E-state index contributed by atoms with van der Waals surface area (Å²) in [5.41, 5.74) is 3.40. The molecule has 0 radical (unpaired) electrons. The number of nitrogens with zero attached hydrogens (tertiary/aromatic N) is 1. The number of aromatic amines is 1. The summed E-state index contributed by atoms with van der Waals surface area (Å²) in [7, 11) is 4.12. The second kappa shape index (κ2) is 6.26. The number of hydrogen-bond acceptors (Lipinski definition) is 3. The number of nitrogens with one attached hydrogen (secondary N) is 1. The van der Waals surface area contributed by atoms with Crippen LogP contribution < -0.4 is 4.74 Å². The molecule has 3 aromatic rings. The van der Waals surface area contributed by atoms with Crippen molar-refractivity contribution in [2.45, 2.75) is 13.0 Å². The molecule has 0 bridgehead atoms.